The molecule has 0 spiro atoms. The molecule has 1 amide bonds. The van der Waals surface area contributed by atoms with Crippen molar-refractivity contribution in [2.45, 2.75) is 6.10 Å². The van der Waals surface area contributed by atoms with Gasteiger partial charge in [-0.3, -0.25) is 10.1 Å². The van der Waals surface area contributed by atoms with Gasteiger partial charge in [-0.1, -0.05) is 34.8 Å². The van der Waals surface area contributed by atoms with Crippen molar-refractivity contribution >= 4 is 23.4 Å². The molecule has 10 heteroatoms. The summed E-state index contributed by atoms with van der Waals surface area (Å²) in [7, 11) is 5.92. The Bertz CT molecular complexity index is 1190. The van der Waals surface area contributed by atoms with Crippen LogP contribution in [0, 0.1) is 12.3 Å². The van der Waals surface area contributed by atoms with Crippen LogP contribution in [-0.2, 0) is 9.53 Å². The van der Waals surface area contributed by atoms with Gasteiger partial charge in [0.25, 0.3) is 5.91 Å². The van der Waals surface area contributed by atoms with E-state index >= 15 is 0 Å². The first-order valence-electron chi connectivity index (χ1n) is 9.92. The van der Waals surface area contributed by atoms with E-state index < -0.39 is 12.0 Å². The van der Waals surface area contributed by atoms with Crippen LogP contribution < -0.4 is 24.3 Å². The van der Waals surface area contributed by atoms with Gasteiger partial charge in [0.1, 0.15) is 6.61 Å². The van der Waals surface area contributed by atoms with Gasteiger partial charge in [-0.2, -0.15) is 0 Å². The van der Waals surface area contributed by atoms with Crippen molar-refractivity contribution in [2.24, 2.45) is 0 Å². The highest BCUT2D eigenvalue weighted by Gasteiger charge is 2.28. The lowest BCUT2D eigenvalue weighted by atomic mass is 10.0. The van der Waals surface area contributed by atoms with Crippen LogP contribution >= 0.6 is 11.6 Å². The minimum atomic E-state index is -1.02. The number of carbonyl (C=O) groups is 1. The quantitative estimate of drug-likeness (QED) is 0.422. The van der Waals surface area contributed by atoms with Crippen molar-refractivity contribution in [3.05, 3.63) is 47.1 Å². The number of aromatic nitrogens is 1. The zero-order valence-electron chi connectivity index (χ0n) is 19.0. The predicted octanol–water partition coefficient (Wildman–Crippen LogP) is 4.36. The van der Waals surface area contributed by atoms with Crippen LogP contribution in [0.5, 0.6) is 23.0 Å². The fraction of sp³-hybridized carbons (Fsp3) is 0.250. The molecule has 0 bridgehead atoms. The molecule has 0 fully saturated rings. The molecule has 3 aromatic rings. The number of terminal acetylenes is 1. The zero-order valence-corrected chi connectivity index (χ0v) is 19.8. The molecule has 1 aromatic heterocycles. The second kappa shape index (κ2) is 11.3. The molecule has 0 saturated carbocycles. The average molecular weight is 487 g/mol. The Kier molecular flexibility index (Phi) is 8.24. The molecule has 1 N–H and O–H groups in total. The molecule has 3 rings (SSSR count). The van der Waals surface area contributed by atoms with Crippen molar-refractivity contribution in [2.75, 3.05) is 40.4 Å². The molecule has 0 aliphatic heterocycles. The monoisotopic (exact) mass is 486 g/mol. The predicted molar refractivity (Wildman–Crippen MR) is 126 cm³/mol. The Morgan fingerprint density at radius 1 is 1.06 bits per heavy atom. The summed E-state index contributed by atoms with van der Waals surface area (Å²) in [6.45, 7) is -0.0787. The number of halogens is 1. The van der Waals surface area contributed by atoms with Crippen LogP contribution in [-0.4, -0.2) is 46.1 Å². The second-order valence-electron chi connectivity index (χ2n) is 6.73. The van der Waals surface area contributed by atoms with Gasteiger partial charge < -0.3 is 28.2 Å². The fourth-order valence-electron chi connectivity index (χ4n) is 3.32. The Hall–Kier alpha value is -3.87. The lowest BCUT2D eigenvalue weighted by molar-refractivity contribution is -0.127. The topological polar surface area (TPSA) is 101 Å². The van der Waals surface area contributed by atoms with E-state index in [-0.39, 0.29) is 12.5 Å². The van der Waals surface area contributed by atoms with Crippen LogP contribution in [0.2, 0.25) is 5.02 Å². The van der Waals surface area contributed by atoms with E-state index in [0.717, 1.165) is 0 Å². The number of hydrogen-bond donors (Lipinski definition) is 1. The van der Waals surface area contributed by atoms with Gasteiger partial charge in [0.15, 0.2) is 17.6 Å². The number of anilines is 1. The highest BCUT2D eigenvalue weighted by Crippen LogP contribution is 2.51. The Morgan fingerprint density at radius 2 is 1.74 bits per heavy atom. The van der Waals surface area contributed by atoms with Gasteiger partial charge in [0, 0.05) is 10.6 Å². The highest BCUT2D eigenvalue weighted by molar-refractivity contribution is 6.30. The van der Waals surface area contributed by atoms with Gasteiger partial charge in [-0.05, 0) is 23.8 Å². The molecule has 0 saturated heterocycles. The summed E-state index contributed by atoms with van der Waals surface area (Å²) in [6, 6.07) is 8.31. The summed E-state index contributed by atoms with van der Waals surface area (Å²) >= 11 is 5.97. The fourth-order valence-corrected chi connectivity index (χ4v) is 3.45. The summed E-state index contributed by atoms with van der Waals surface area (Å²) in [5.74, 6) is 3.25. The van der Waals surface area contributed by atoms with Crippen LogP contribution in [0.25, 0.3) is 11.1 Å². The molecule has 9 nitrogen and oxygen atoms in total. The Labute approximate surface area is 201 Å². The Morgan fingerprint density at radius 3 is 2.32 bits per heavy atom. The van der Waals surface area contributed by atoms with Gasteiger partial charge >= 0.3 is 0 Å². The van der Waals surface area contributed by atoms with Crippen LogP contribution in [0.1, 0.15) is 11.7 Å². The standard InChI is InChI=1S/C24H23ClN2O7/c1-6-11-33-19(14-7-9-15(25)10-8-14)23(28)27-24-17(13-26-34-24)16-12-18(29-2)21(31-4)22(32-5)20(16)30-3/h1,7-10,12-13,19H,11H2,2-5H3,(H,27,28). The maximum absolute atomic E-state index is 13.2. The van der Waals surface area contributed by atoms with E-state index in [1.807, 2.05) is 0 Å². The number of rotatable bonds is 10. The molecule has 178 valence electrons. The summed E-state index contributed by atoms with van der Waals surface area (Å²) < 4.78 is 32.8. The smallest absolute Gasteiger partial charge is 0.260 e. The van der Waals surface area contributed by atoms with E-state index in [0.29, 0.717) is 44.7 Å². The summed E-state index contributed by atoms with van der Waals surface area (Å²) in [5, 5.41) is 7.06. The van der Waals surface area contributed by atoms with Gasteiger partial charge in [-0.15, -0.1) is 6.42 Å². The van der Waals surface area contributed by atoms with Crippen molar-refractivity contribution in [3.8, 4) is 46.5 Å². The van der Waals surface area contributed by atoms with Crippen molar-refractivity contribution in [1.29, 1.82) is 0 Å². The van der Waals surface area contributed by atoms with E-state index in [9.17, 15) is 4.79 Å². The van der Waals surface area contributed by atoms with E-state index in [2.05, 4.69) is 16.4 Å². The largest absolute Gasteiger partial charge is 0.493 e. The number of amides is 1. The SMILES string of the molecule is C#CCOC(C(=O)Nc1oncc1-c1cc(OC)c(OC)c(OC)c1OC)c1ccc(Cl)cc1. The first-order valence-corrected chi connectivity index (χ1v) is 10.3. The molecule has 0 aliphatic carbocycles. The molecule has 0 aliphatic rings. The van der Waals surface area contributed by atoms with Gasteiger partial charge in [0.2, 0.25) is 17.4 Å². The van der Waals surface area contributed by atoms with Crippen LogP contribution in [0.15, 0.2) is 41.1 Å². The molecular formula is C24H23ClN2O7. The number of nitrogens with one attached hydrogen (secondary N) is 1. The lowest BCUT2D eigenvalue weighted by Gasteiger charge is -2.19. The maximum atomic E-state index is 13.2. The summed E-state index contributed by atoms with van der Waals surface area (Å²) in [4.78, 5) is 13.2. The third-order valence-electron chi connectivity index (χ3n) is 4.83. The highest BCUT2D eigenvalue weighted by atomic mass is 35.5. The van der Waals surface area contributed by atoms with Crippen LogP contribution in [0.3, 0.4) is 0 Å². The zero-order chi connectivity index (χ0) is 24.7. The molecule has 2 aromatic carbocycles. The van der Waals surface area contributed by atoms with Crippen LogP contribution in [0.4, 0.5) is 5.88 Å². The first kappa shape index (κ1) is 24.8. The number of nitrogens with zero attached hydrogens (tertiary/aromatic N) is 1. The number of carbonyl (C=O) groups excluding carboxylic acids is 1. The molecule has 1 atom stereocenters. The minimum Gasteiger partial charge on any atom is -0.493 e. The molecule has 34 heavy (non-hydrogen) atoms. The van der Waals surface area contributed by atoms with E-state index in [1.165, 1.54) is 34.6 Å². The molecular weight excluding hydrogens is 464 g/mol. The van der Waals surface area contributed by atoms with Crippen molar-refractivity contribution < 1.29 is 33.0 Å². The summed E-state index contributed by atoms with van der Waals surface area (Å²) in [5.41, 5.74) is 1.46. The third kappa shape index (κ3) is 5.03. The van der Waals surface area contributed by atoms with Crippen molar-refractivity contribution in [3.63, 3.8) is 0 Å². The lowest BCUT2D eigenvalue weighted by Crippen LogP contribution is -2.24. The molecule has 0 radical (unpaired) electrons. The first-order chi connectivity index (χ1) is 16.5. The molecule has 1 unspecified atom stereocenters. The number of ether oxygens (including phenoxy) is 5. The van der Waals surface area contributed by atoms with Gasteiger partial charge in [-0.25, -0.2) is 0 Å². The minimum absolute atomic E-state index is 0.0563. The number of benzene rings is 2. The average Bonchev–Trinajstić information content (AvgIpc) is 3.31. The summed E-state index contributed by atoms with van der Waals surface area (Å²) in [6.07, 6.45) is 5.73. The van der Waals surface area contributed by atoms with E-state index in [4.69, 9.17) is 46.2 Å². The number of hydrogen-bond acceptors (Lipinski definition) is 8. The normalized spacial score (nSPS) is 11.3. The number of methoxy groups -OCH3 is 4. The van der Waals surface area contributed by atoms with E-state index in [1.54, 1.807) is 30.3 Å². The second-order valence-corrected chi connectivity index (χ2v) is 7.17. The molecule has 1 heterocycles. The Balaban J connectivity index is 2.02. The van der Waals surface area contributed by atoms with Crippen molar-refractivity contribution in [1.82, 2.24) is 5.16 Å². The maximum Gasteiger partial charge on any atom is 0.260 e. The third-order valence-corrected chi connectivity index (χ3v) is 5.08. The van der Waals surface area contributed by atoms with Gasteiger partial charge in [0.05, 0.1) is 40.2 Å².